The van der Waals surface area contributed by atoms with Crippen molar-refractivity contribution in [1.82, 2.24) is 0 Å². The first-order valence-corrected chi connectivity index (χ1v) is 6.23. The van der Waals surface area contributed by atoms with Crippen molar-refractivity contribution in [3.63, 3.8) is 0 Å². The molecule has 0 spiro atoms. The SMILES string of the molecule is Cc1cccc(Oc2ccc(CCN)cc2C)c1. The van der Waals surface area contributed by atoms with Crippen molar-refractivity contribution < 1.29 is 4.74 Å². The Morgan fingerprint density at radius 3 is 2.56 bits per heavy atom. The lowest BCUT2D eigenvalue weighted by molar-refractivity contribution is 0.478. The van der Waals surface area contributed by atoms with E-state index in [0.29, 0.717) is 6.54 Å². The van der Waals surface area contributed by atoms with Crippen LogP contribution in [0.4, 0.5) is 0 Å². The fraction of sp³-hybridized carbons (Fsp3) is 0.250. The number of rotatable bonds is 4. The molecular formula is C16H19NO. The molecule has 2 rings (SSSR count). The molecule has 0 aromatic heterocycles. The molecule has 0 heterocycles. The highest BCUT2D eigenvalue weighted by atomic mass is 16.5. The smallest absolute Gasteiger partial charge is 0.130 e. The van der Waals surface area contributed by atoms with Gasteiger partial charge in [-0.2, -0.15) is 0 Å². The Balaban J connectivity index is 2.19. The first kappa shape index (κ1) is 12.7. The molecule has 2 heteroatoms. The molecule has 0 aliphatic rings. The summed E-state index contributed by atoms with van der Waals surface area (Å²) in [6.45, 7) is 4.80. The molecule has 0 saturated carbocycles. The summed E-state index contributed by atoms with van der Waals surface area (Å²) in [5, 5.41) is 0. The lowest BCUT2D eigenvalue weighted by atomic mass is 10.1. The molecule has 0 unspecified atom stereocenters. The highest BCUT2D eigenvalue weighted by molar-refractivity contribution is 5.40. The van der Waals surface area contributed by atoms with Gasteiger partial charge in [0, 0.05) is 0 Å². The van der Waals surface area contributed by atoms with Crippen LogP contribution in [0.25, 0.3) is 0 Å². The summed E-state index contributed by atoms with van der Waals surface area (Å²) in [6.07, 6.45) is 0.908. The monoisotopic (exact) mass is 241 g/mol. The Hall–Kier alpha value is -1.80. The van der Waals surface area contributed by atoms with E-state index < -0.39 is 0 Å². The maximum atomic E-state index is 5.89. The van der Waals surface area contributed by atoms with Gasteiger partial charge in [-0.15, -0.1) is 0 Å². The summed E-state index contributed by atoms with van der Waals surface area (Å²) in [4.78, 5) is 0. The zero-order chi connectivity index (χ0) is 13.0. The lowest BCUT2D eigenvalue weighted by Crippen LogP contribution is -2.02. The molecule has 0 radical (unpaired) electrons. The van der Waals surface area contributed by atoms with Crippen molar-refractivity contribution in [3.8, 4) is 11.5 Å². The minimum absolute atomic E-state index is 0.678. The molecule has 2 aromatic carbocycles. The topological polar surface area (TPSA) is 35.2 Å². The van der Waals surface area contributed by atoms with E-state index in [2.05, 4.69) is 32.0 Å². The Labute approximate surface area is 108 Å². The molecule has 2 aromatic rings. The normalized spacial score (nSPS) is 10.4. The summed E-state index contributed by atoms with van der Waals surface area (Å²) in [7, 11) is 0. The average Bonchev–Trinajstić information content (AvgIpc) is 2.33. The minimum Gasteiger partial charge on any atom is -0.457 e. The van der Waals surface area contributed by atoms with Crippen LogP contribution in [-0.2, 0) is 6.42 Å². The summed E-state index contributed by atoms with van der Waals surface area (Å²) in [5.41, 5.74) is 9.15. The van der Waals surface area contributed by atoms with Crippen molar-refractivity contribution in [2.24, 2.45) is 5.73 Å². The quantitative estimate of drug-likeness (QED) is 0.887. The molecule has 2 N–H and O–H groups in total. The van der Waals surface area contributed by atoms with E-state index in [1.165, 1.54) is 11.1 Å². The van der Waals surface area contributed by atoms with Crippen molar-refractivity contribution >= 4 is 0 Å². The number of hydrogen-bond acceptors (Lipinski definition) is 2. The third-order valence-corrected chi connectivity index (χ3v) is 2.89. The van der Waals surface area contributed by atoms with Crippen LogP contribution >= 0.6 is 0 Å². The van der Waals surface area contributed by atoms with Crippen LogP contribution in [-0.4, -0.2) is 6.54 Å². The first-order valence-electron chi connectivity index (χ1n) is 6.23. The second-order valence-corrected chi connectivity index (χ2v) is 4.56. The van der Waals surface area contributed by atoms with E-state index >= 15 is 0 Å². The largest absolute Gasteiger partial charge is 0.457 e. The Morgan fingerprint density at radius 1 is 1.06 bits per heavy atom. The first-order chi connectivity index (χ1) is 8.69. The van der Waals surface area contributed by atoms with Gasteiger partial charge < -0.3 is 10.5 Å². The molecule has 0 atom stereocenters. The Morgan fingerprint density at radius 2 is 1.89 bits per heavy atom. The van der Waals surface area contributed by atoms with Crippen LogP contribution in [0.15, 0.2) is 42.5 Å². The van der Waals surface area contributed by atoms with Crippen LogP contribution in [0.5, 0.6) is 11.5 Å². The maximum absolute atomic E-state index is 5.89. The van der Waals surface area contributed by atoms with Crippen LogP contribution in [0, 0.1) is 13.8 Å². The fourth-order valence-corrected chi connectivity index (χ4v) is 1.95. The number of ether oxygens (including phenoxy) is 1. The molecule has 0 fully saturated rings. The van der Waals surface area contributed by atoms with Gasteiger partial charge in [0.05, 0.1) is 0 Å². The number of aryl methyl sites for hydroxylation is 2. The third-order valence-electron chi connectivity index (χ3n) is 2.89. The highest BCUT2D eigenvalue weighted by Crippen LogP contribution is 2.26. The van der Waals surface area contributed by atoms with E-state index in [-0.39, 0.29) is 0 Å². The second kappa shape index (κ2) is 5.69. The summed E-state index contributed by atoms with van der Waals surface area (Å²) in [5.74, 6) is 1.78. The van der Waals surface area contributed by atoms with E-state index in [0.717, 1.165) is 23.5 Å². The number of benzene rings is 2. The van der Waals surface area contributed by atoms with Crippen LogP contribution < -0.4 is 10.5 Å². The molecule has 2 nitrogen and oxygen atoms in total. The van der Waals surface area contributed by atoms with Crippen LogP contribution in [0.3, 0.4) is 0 Å². The number of nitrogens with two attached hydrogens (primary N) is 1. The zero-order valence-corrected chi connectivity index (χ0v) is 10.9. The minimum atomic E-state index is 0.678. The van der Waals surface area contributed by atoms with Gasteiger partial charge in [-0.25, -0.2) is 0 Å². The van der Waals surface area contributed by atoms with Gasteiger partial charge in [0.25, 0.3) is 0 Å². The van der Waals surface area contributed by atoms with Gasteiger partial charge >= 0.3 is 0 Å². The van der Waals surface area contributed by atoms with Gasteiger partial charge in [-0.3, -0.25) is 0 Å². The van der Waals surface area contributed by atoms with Crippen molar-refractivity contribution in [2.45, 2.75) is 20.3 Å². The van der Waals surface area contributed by atoms with E-state index in [9.17, 15) is 0 Å². The standard InChI is InChI=1S/C16H19NO/c1-12-4-3-5-15(10-12)18-16-7-6-14(8-9-17)11-13(16)2/h3-7,10-11H,8-9,17H2,1-2H3. The van der Waals surface area contributed by atoms with Crippen molar-refractivity contribution in [3.05, 3.63) is 59.2 Å². The number of hydrogen-bond donors (Lipinski definition) is 1. The van der Waals surface area contributed by atoms with E-state index in [1.807, 2.05) is 24.3 Å². The van der Waals surface area contributed by atoms with Crippen LogP contribution in [0.1, 0.15) is 16.7 Å². The van der Waals surface area contributed by atoms with Crippen molar-refractivity contribution in [1.29, 1.82) is 0 Å². The molecular weight excluding hydrogens is 222 g/mol. The van der Waals surface area contributed by atoms with Gasteiger partial charge in [-0.1, -0.05) is 24.3 Å². The molecule has 18 heavy (non-hydrogen) atoms. The maximum Gasteiger partial charge on any atom is 0.130 e. The van der Waals surface area contributed by atoms with E-state index in [1.54, 1.807) is 0 Å². The zero-order valence-electron chi connectivity index (χ0n) is 10.9. The molecule has 0 bridgehead atoms. The lowest BCUT2D eigenvalue weighted by Gasteiger charge is -2.10. The molecule has 94 valence electrons. The molecule has 0 aliphatic carbocycles. The van der Waals surface area contributed by atoms with Gasteiger partial charge in [-0.05, 0) is 61.7 Å². The average molecular weight is 241 g/mol. The van der Waals surface area contributed by atoms with Gasteiger partial charge in [0.2, 0.25) is 0 Å². The van der Waals surface area contributed by atoms with Crippen LogP contribution in [0.2, 0.25) is 0 Å². The summed E-state index contributed by atoms with van der Waals surface area (Å²) in [6, 6.07) is 14.3. The summed E-state index contributed by atoms with van der Waals surface area (Å²) < 4.78 is 5.89. The molecule has 0 saturated heterocycles. The predicted molar refractivity (Wildman–Crippen MR) is 75.2 cm³/mol. The summed E-state index contributed by atoms with van der Waals surface area (Å²) >= 11 is 0. The third kappa shape index (κ3) is 3.11. The molecule has 0 aliphatic heterocycles. The Bertz CT molecular complexity index is 534. The molecule has 0 amide bonds. The van der Waals surface area contributed by atoms with Gasteiger partial charge in [0.15, 0.2) is 0 Å². The van der Waals surface area contributed by atoms with E-state index in [4.69, 9.17) is 10.5 Å². The second-order valence-electron chi connectivity index (χ2n) is 4.56. The predicted octanol–water partition coefficient (Wildman–Crippen LogP) is 3.60. The van der Waals surface area contributed by atoms with Gasteiger partial charge in [0.1, 0.15) is 11.5 Å². The fourth-order valence-electron chi connectivity index (χ4n) is 1.95. The highest BCUT2D eigenvalue weighted by Gasteiger charge is 2.03. The Kier molecular flexibility index (Phi) is 4.00. The van der Waals surface area contributed by atoms with Crippen molar-refractivity contribution in [2.75, 3.05) is 6.54 Å².